The van der Waals surface area contributed by atoms with Gasteiger partial charge in [0.1, 0.15) is 17.2 Å². The van der Waals surface area contributed by atoms with Crippen LogP contribution < -0.4 is 19.6 Å². The van der Waals surface area contributed by atoms with Gasteiger partial charge in [-0.3, -0.25) is 4.79 Å². The number of carbonyl (C=O) groups is 2. The monoisotopic (exact) mass is 558 g/mol. The van der Waals surface area contributed by atoms with E-state index in [9.17, 15) is 9.59 Å². The Morgan fingerprint density at radius 1 is 0.838 bits per heavy atom. The van der Waals surface area contributed by atoms with Crippen molar-refractivity contribution in [2.24, 2.45) is 5.10 Å². The molecule has 1 amide bonds. The van der Waals surface area contributed by atoms with E-state index in [1.54, 1.807) is 78.9 Å². The number of para-hydroxylation sites is 2. The summed E-state index contributed by atoms with van der Waals surface area (Å²) in [7, 11) is 0. The van der Waals surface area contributed by atoms with Crippen molar-refractivity contribution in [2.75, 3.05) is 0 Å². The van der Waals surface area contributed by atoms with Crippen LogP contribution in [0, 0.1) is 6.92 Å². The molecule has 0 heterocycles. The number of ether oxygens (including phenoxy) is 3. The van der Waals surface area contributed by atoms with E-state index in [1.165, 1.54) is 6.21 Å². The summed E-state index contributed by atoms with van der Waals surface area (Å²) in [6.07, 6.45) is 0.0772. The van der Waals surface area contributed by atoms with Gasteiger partial charge in [-0.05, 0) is 61.0 Å². The third-order valence-electron chi connectivity index (χ3n) is 5.10. The topological polar surface area (TPSA) is 86.2 Å². The second kappa shape index (κ2) is 12.5. The van der Waals surface area contributed by atoms with E-state index in [0.717, 1.165) is 10.0 Å². The molecule has 0 spiro atoms. The molecular formula is C29H23BrN2O5. The number of benzene rings is 4. The van der Waals surface area contributed by atoms with Gasteiger partial charge in [-0.1, -0.05) is 70.5 Å². The third-order valence-corrected chi connectivity index (χ3v) is 5.60. The fraction of sp³-hybridized carbons (Fsp3) is 0.0690. The maximum Gasteiger partial charge on any atom is 0.343 e. The standard InChI is InChI=1S/C29H23BrN2O5/c1-20-10-8-9-15-25(20)28(34)37-26-17-16-22(30)18-21(26)19-31-32-27(33)29(35-23-11-4-2-5-12-23)36-24-13-6-3-7-14-24/h2-19,29H,1H3,(H,32,33)/b31-19-. The van der Waals surface area contributed by atoms with Gasteiger partial charge in [-0.25, -0.2) is 10.2 Å². The molecule has 0 radical (unpaired) electrons. The lowest BCUT2D eigenvalue weighted by Crippen LogP contribution is -2.40. The number of rotatable bonds is 9. The van der Waals surface area contributed by atoms with E-state index >= 15 is 0 Å². The van der Waals surface area contributed by atoms with Gasteiger partial charge in [0.2, 0.25) is 0 Å². The van der Waals surface area contributed by atoms with Gasteiger partial charge in [-0.15, -0.1) is 0 Å². The summed E-state index contributed by atoms with van der Waals surface area (Å²) in [5, 5.41) is 4.05. The number of hydrogen-bond donors (Lipinski definition) is 1. The lowest BCUT2D eigenvalue weighted by molar-refractivity contribution is -0.140. The van der Waals surface area contributed by atoms with Crippen LogP contribution in [0.2, 0.25) is 0 Å². The molecule has 186 valence electrons. The fourth-order valence-electron chi connectivity index (χ4n) is 3.26. The van der Waals surface area contributed by atoms with Crippen molar-refractivity contribution in [2.45, 2.75) is 13.2 Å². The van der Waals surface area contributed by atoms with Gasteiger partial charge in [0.25, 0.3) is 0 Å². The number of hydrogen-bond acceptors (Lipinski definition) is 6. The van der Waals surface area contributed by atoms with E-state index < -0.39 is 18.2 Å². The van der Waals surface area contributed by atoms with E-state index in [2.05, 4.69) is 26.5 Å². The molecule has 0 atom stereocenters. The van der Waals surface area contributed by atoms with Gasteiger partial charge in [0.15, 0.2) is 0 Å². The Morgan fingerprint density at radius 2 is 1.43 bits per heavy atom. The Hall–Kier alpha value is -4.43. The molecule has 37 heavy (non-hydrogen) atoms. The lowest BCUT2D eigenvalue weighted by atomic mass is 10.1. The minimum atomic E-state index is -1.30. The van der Waals surface area contributed by atoms with Crippen molar-refractivity contribution in [1.82, 2.24) is 5.43 Å². The quantitative estimate of drug-likeness (QED) is 0.0906. The largest absolute Gasteiger partial charge is 0.446 e. The zero-order valence-electron chi connectivity index (χ0n) is 19.8. The molecule has 1 N–H and O–H groups in total. The zero-order chi connectivity index (χ0) is 26.0. The Labute approximate surface area is 222 Å². The summed E-state index contributed by atoms with van der Waals surface area (Å²) >= 11 is 3.41. The maximum atomic E-state index is 12.9. The van der Waals surface area contributed by atoms with Crippen molar-refractivity contribution in [3.63, 3.8) is 0 Å². The molecule has 4 aromatic rings. The van der Waals surface area contributed by atoms with E-state index in [-0.39, 0.29) is 5.75 Å². The molecule has 0 saturated carbocycles. The normalized spacial score (nSPS) is 10.8. The van der Waals surface area contributed by atoms with Crippen molar-refractivity contribution in [3.05, 3.63) is 124 Å². The van der Waals surface area contributed by atoms with Crippen LogP contribution in [0.5, 0.6) is 17.2 Å². The van der Waals surface area contributed by atoms with Gasteiger partial charge >= 0.3 is 18.2 Å². The van der Waals surface area contributed by atoms with E-state index in [1.807, 2.05) is 31.2 Å². The highest BCUT2D eigenvalue weighted by Crippen LogP contribution is 2.23. The number of nitrogens with zero attached hydrogens (tertiary/aromatic N) is 1. The van der Waals surface area contributed by atoms with Crippen LogP contribution in [-0.2, 0) is 4.79 Å². The SMILES string of the molecule is Cc1ccccc1C(=O)Oc1ccc(Br)cc1/C=N\NC(=O)C(Oc1ccccc1)Oc1ccccc1. The molecule has 0 aliphatic heterocycles. The highest BCUT2D eigenvalue weighted by molar-refractivity contribution is 9.10. The van der Waals surface area contributed by atoms with Crippen LogP contribution in [0.15, 0.2) is 113 Å². The first-order valence-corrected chi connectivity index (χ1v) is 12.1. The summed E-state index contributed by atoms with van der Waals surface area (Å²) in [6, 6.07) is 30.0. The van der Waals surface area contributed by atoms with E-state index in [0.29, 0.717) is 22.6 Å². The summed E-state index contributed by atoms with van der Waals surface area (Å²) < 4.78 is 17.9. The molecular weight excluding hydrogens is 536 g/mol. The molecule has 0 saturated heterocycles. The number of halogens is 1. The predicted octanol–water partition coefficient (Wildman–Crippen LogP) is 5.91. The van der Waals surface area contributed by atoms with Gasteiger partial charge < -0.3 is 14.2 Å². The average Bonchev–Trinajstić information content (AvgIpc) is 2.91. The number of nitrogens with one attached hydrogen (secondary N) is 1. The van der Waals surface area contributed by atoms with Crippen LogP contribution >= 0.6 is 15.9 Å². The number of amides is 1. The minimum absolute atomic E-state index is 0.284. The van der Waals surface area contributed by atoms with Crippen molar-refractivity contribution < 1.29 is 23.8 Å². The molecule has 8 heteroatoms. The molecule has 4 rings (SSSR count). The van der Waals surface area contributed by atoms with Crippen molar-refractivity contribution in [1.29, 1.82) is 0 Å². The zero-order valence-corrected chi connectivity index (χ0v) is 21.4. The summed E-state index contributed by atoms with van der Waals surface area (Å²) in [5.74, 6) is 0.0797. The number of carbonyl (C=O) groups excluding carboxylic acids is 2. The summed E-state index contributed by atoms with van der Waals surface area (Å²) in [6.45, 7) is 1.83. The number of esters is 1. The number of hydrazone groups is 1. The van der Waals surface area contributed by atoms with Crippen LogP contribution in [0.4, 0.5) is 0 Å². The Bertz CT molecular complexity index is 1350. The lowest BCUT2D eigenvalue weighted by Gasteiger charge is -2.18. The molecule has 0 aromatic heterocycles. The highest BCUT2D eigenvalue weighted by atomic mass is 79.9. The van der Waals surface area contributed by atoms with Crippen molar-refractivity contribution in [3.8, 4) is 17.2 Å². The third kappa shape index (κ3) is 7.28. The van der Waals surface area contributed by atoms with Crippen LogP contribution in [0.25, 0.3) is 0 Å². The highest BCUT2D eigenvalue weighted by Gasteiger charge is 2.22. The van der Waals surface area contributed by atoms with Crippen LogP contribution in [0.1, 0.15) is 21.5 Å². The number of aryl methyl sites for hydroxylation is 1. The Kier molecular flexibility index (Phi) is 8.67. The molecule has 0 bridgehead atoms. The molecule has 0 aliphatic rings. The Morgan fingerprint density at radius 3 is 2.05 bits per heavy atom. The van der Waals surface area contributed by atoms with Gasteiger partial charge in [0.05, 0.1) is 11.8 Å². The molecule has 0 fully saturated rings. The van der Waals surface area contributed by atoms with Gasteiger partial charge in [0, 0.05) is 10.0 Å². The fourth-order valence-corrected chi connectivity index (χ4v) is 3.64. The van der Waals surface area contributed by atoms with E-state index in [4.69, 9.17) is 14.2 Å². The second-order valence-corrected chi connectivity index (χ2v) is 8.73. The smallest absolute Gasteiger partial charge is 0.343 e. The maximum absolute atomic E-state index is 12.9. The first kappa shape index (κ1) is 25.7. The molecule has 0 unspecified atom stereocenters. The average molecular weight is 559 g/mol. The molecule has 7 nitrogen and oxygen atoms in total. The Balaban J connectivity index is 1.49. The van der Waals surface area contributed by atoms with Gasteiger partial charge in [-0.2, -0.15) is 5.10 Å². The molecule has 4 aromatic carbocycles. The first-order chi connectivity index (χ1) is 18.0. The second-order valence-electron chi connectivity index (χ2n) is 7.81. The summed E-state index contributed by atoms with van der Waals surface area (Å²) in [5.41, 5.74) is 4.17. The molecule has 0 aliphatic carbocycles. The first-order valence-electron chi connectivity index (χ1n) is 11.3. The summed E-state index contributed by atoms with van der Waals surface area (Å²) in [4.78, 5) is 25.6. The predicted molar refractivity (Wildman–Crippen MR) is 144 cm³/mol. The van der Waals surface area contributed by atoms with Crippen LogP contribution in [-0.4, -0.2) is 24.4 Å². The van der Waals surface area contributed by atoms with Crippen molar-refractivity contribution >= 4 is 34.0 Å². The van der Waals surface area contributed by atoms with Crippen LogP contribution in [0.3, 0.4) is 0 Å². The minimum Gasteiger partial charge on any atom is -0.446 e.